The van der Waals surface area contributed by atoms with Crippen LogP contribution in [-0.4, -0.2) is 4.98 Å². The molecule has 17 heavy (non-hydrogen) atoms. The number of halogens is 1. The number of nitrogen functional groups attached to an aromatic ring is 1. The van der Waals surface area contributed by atoms with Gasteiger partial charge in [0.05, 0.1) is 0 Å². The number of aromatic amines is 1. The van der Waals surface area contributed by atoms with Gasteiger partial charge in [-0.05, 0) is 23.8 Å². The Morgan fingerprint density at radius 3 is 2.53 bits per heavy atom. The summed E-state index contributed by atoms with van der Waals surface area (Å²) in [4.78, 5) is 13.9. The van der Waals surface area contributed by atoms with Gasteiger partial charge in [0, 0.05) is 10.6 Å². The minimum atomic E-state index is -0.488. The monoisotopic (exact) mass is 245 g/mol. The van der Waals surface area contributed by atoms with Gasteiger partial charge in [-0.3, -0.25) is 4.79 Å². The Morgan fingerprint density at radius 1 is 1.29 bits per heavy atom. The molecule has 0 bridgehead atoms. The molecule has 0 fully saturated rings. The van der Waals surface area contributed by atoms with E-state index in [2.05, 4.69) is 4.98 Å². The van der Waals surface area contributed by atoms with E-state index >= 15 is 0 Å². The highest BCUT2D eigenvalue weighted by Gasteiger charge is 2.10. The minimum Gasteiger partial charge on any atom is -0.385 e. The van der Waals surface area contributed by atoms with Gasteiger partial charge in [-0.25, -0.2) is 0 Å². The van der Waals surface area contributed by atoms with Gasteiger partial charge in [0.15, 0.2) is 0 Å². The minimum absolute atomic E-state index is 0.0431. The third-order valence-electron chi connectivity index (χ3n) is 2.32. The summed E-state index contributed by atoms with van der Waals surface area (Å²) in [5.74, 6) is 0.221. The van der Waals surface area contributed by atoms with E-state index in [-0.39, 0.29) is 11.4 Å². The van der Waals surface area contributed by atoms with Crippen molar-refractivity contribution in [2.24, 2.45) is 0 Å². The quantitative estimate of drug-likeness (QED) is 0.808. The number of hydrogen-bond acceptors (Lipinski definition) is 3. The number of anilines is 1. The van der Waals surface area contributed by atoms with Crippen molar-refractivity contribution in [2.75, 3.05) is 5.73 Å². The van der Waals surface area contributed by atoms with E-state index in [1.165, 1.54) is 0 Å². The summed E-state index contributed by atoms with van der Waals surface area (Å²) in [5, 5.41) is 9.56. The van der Waals surface area contributed by atoms with Crippen molar-refractivity contribution >= 4 is 17.4 Å². The molecule has 0 unspecified atom stereocenters. The number of hydrogen-bond donors (Lipinski definition) is 2. The maximum absolute atomic E-state index is 11.5. The van der Waals surface area contributed by atoms with Crippen molar-refractivity contribution in [3.05, 3.63) is 51.3 Å². The summed E-state index contributed by atoms with van der Waals surface area (Å²) in [6, 6.07) is 10.3. The number of rotatable bonds is 1. The van der Waals surface area contributed by atoms with Crippen molar-refractivity contribution in [2.45, 2.75) is 0 Å². The lowest BCUT2D eigenvalue weighted by Gasteiger charge is -2.05. The van der Waals surface area contributed by atoms with E-state index in [4.69, 9.17) is 22.6 Å². The highest BCUT2D eigenvalue weighted by atomic mass is 35.5. The van der Waals surface area contributed by atoms with Gasteiger partial charge >= 0.3 is 0 Å². The first-order valence-electron chi connectivity index (χ1n) is 4.80. The van der Waals surface area contributed by atoms with Gasteiger partial charge in [-0.2, -0.15) is 5.26 Å². The Morgan fingerprint density at radius 2 is 1.94 bits per heavy atom. The average Bonchev–Trinajstić information content (AvgIpc) is 2.29. The van der Waals surface area contributed by atoms with Crippen molar-refractivity contribution in [1.82, 2.24) is 4.98 Å². The number of benzene rings is 1. The molecule has 0 spiro atoms. The Labute approximate surface area is 102 Å². The van der Waals surface area contributed by atoms with Gasteiger partial charge < -0.3 is 10.7 Å². The molecule has 1 aromatic heterocycles. The lowest BCUT2D eigenvalue weighted by Crippen LogP contribution is -2.13. The van der Waals surface area contributed by atoms with Gasteiger partial charge in [0.25, 0.3) is 5.56 Å². The molecular formula is C12H8ClN3O. The lowest BCUT2D eigenvalue weighted by atomic mass is 10.0. The third kappa shape index (κ3) is 2.14. The van der Waals surface area contributed by atoms with Gasteiger partial charge in [-0.15, -0.1) is 0 Å². The van der Waals surface area contributed by atoms with Gasteiger partial charge in [-0.1, -0.05) is 23.7 Å². The number of aromatic nitrogens is 1. The summed E-state index contributed by atoms with van der Waals surface area (Å²) in [7, 11) is 0. The normalized spacial score (nSPS) is 9.88. The molecule has 0 saturated carbocycles. The maximum Gasteiger partial charge on any atom is 0.268 e. The Bertz CT molecular complexity index is 653. The number of nitrogens with zero attached hydrogens (tertiary/aromatic N) is 1. The summed E-state index contributed by atoms with van der Waals surface area (Å²) >= 11 is 5.78. The van der Waals surface area contributed by atoms with Crippen molar-refractivity contribution in [1.29, 1.82) is 5.26 Å². The van der Waals surface area contributed by atoms with E-state index < -0.39 is 5.56 Å². The Kier molecular flexibility index (Phi) is 2.86. The molecular weight excluding hydrogens is 238 g/mol. The first-order chi connectivity index (χ1) is 8.11. The topological polar surface area (TPSA) is 82.7 Å². The number of pyridine rings is 1. The van der Waals surface area contributed by atoms with Crippen LogP contribution in [0.3, 0.4) is 0 Å². The van der Waals surface area contributed by atoms with Crippen LogP contribution < -0.4 is 11.3 Å². The highest BCUT2D eigenvalue weighted by Crippen LogP contribution is 2.24. The predicted molar refractivity (Wildman–Crippen MR) is 66.6 cm³/mol. The van der Waals surface area contributed by atoms with Crippen LogP contribution in [0.5, 0.6) is 0 Å². The maximum atomic E-state index is 11.5. The molecule has 0 aliphatic rings. The second-order valence-electron chi connectivity index (χ2n) is 3.46. The molecule has 84 valence electrons. The molecule has 1 heterocycles. The molecule has 0 aliphatic heterocycles. The summed E-state index contributed by atoms with van der Waals surface area (Å²) in [6.45, 7) is 0. The van der Waals surface area contributed by atoms with Gasteiger partial charge in [0.2, 0.25) is 0 Å². The van der Waals surface area contributed by atoms with Crippen LogP contribution >= 0.6 is 11.6 Å². The SMILES string of the molecule is N#Cc1c(-c2ccc(Cl)cc2)cc(N)[nH]c1=O. The second kappa shape index (κ2) is 4.32. The zero-order chi connectivity index (χ0) is 12.4. The average molecular weight is 246 g/mol. The molecule has 1 aromatic carbocycles. The number of H-pyrrole nitrogens is 1. The van der Waals surface area contributed by atoms with Crippen molar-refractivity contribution in [3.63, 3.8) is 0 Å². The molecule has 4 nitrogen and oxygen atoms in total. The third-order valence-corrected chi connectivity index (χ3v) is 2.57. The molecule has 0 amide bonds. The van der Waals surface area contributed by atoms with E-state index in [0.29, 0.717) is 10.6 Å². The van der Waals surface area contributed by atoms with Crippen LogP contribution in [0.15, 0.2) is 35.1 Å². The zero-order valence-electron chi connectivity index (χ0n) is 8.70. The number of nitriles is 1. The molecule has 3 N–H and O–H groups in total. The summed E-state index contributed by atoms with van der Waals surface area (Å²) in [5.41, 5.74) is 6.34. The molecule has 2 aromatic rings. The van der Waals surface area contributed by atoms with E-state index in [1.807, 2.05) is 6.07 Å². The zero-order valence-corrected chi connectivity index (χ0v) is 9.45. The fraction of sp³-hybridized carbons (Fsp3) is 0. The van der Waals surface area contributed by atoms with Crippen molar-refractivity contribution < 1.29 is 0 Å². The molecule has 0 radical (unpaired) electrons. The first kappa shape index (κ1) is 11.2. The molecule has 0 aliphatic carbocycles. The highest BCUT2D eigenvalue weighted by molar-refractivity contribution is 6.30. The largest absolute Gasteiger partial charge is 0.385 e. The molecule has 0 atom stereocenters. The van der Waals surface area contributed by atoms with E-state index in [9.17, 15) is 4.79 Å². The van der Waals surface area contributed by atoms with Crippen molar-refractivity contribution in [3.8, 4) is 17.2 Å². The molecule has 5 heteroatoms. The summed E-state index contributed by atoms with van der Waals surface area (Å²) in [6.07, 6.45) is 0. The van der Waals surface area contributed by atoms with Crippen LogP contribution in [0, 0.1) is 11.3 Å². The van der Waals surface area contributed by atoms with Crippen LogP contribution in [0.4, 0.5) is 5.82 Å². The first-order valence-corrected chi connectivity index (χ1v) is 5.18. The fourth-order valence-electron chi connectivity index (χ4n) is 1.55. The standard InChI is InChI=1S/C12H8ClN3O/c13-8-3-1-7(2-4-8)9-5-11(15)16-12(17)10(9)6-14/h1-5H,(H3,15,16,17). The van der Waals surface area contributed by atoms with Crippen LogP contribution in [-0.2, 0) is 0 Å². The smallest absolute Gasteiger partial charge is 0.268 e. The Balaban J connectivity index is 2.71. The predicted octanol–water partition coefficient (Wildman–Crippen LogP) is 2.15. The summed E-state index contributed by atoms with van der Waals surface area (Å²) < 4.78 is 0. The number of nitrogens with one attached hydrogen (secondary N) is 1. The van der Waals surface area contributed by atoms with Crippen LogP contribution in [0.2, 0.25) is 5.02 Å². The van der Waals surface area contributed by atoms with Crippen LogP contribution in [0.1, 0.15) is 5.56 Å². The Hall–Kier alpha value is -2.25. The lowest BCUT2D eigenvalue weighted by molar-refractivity contribution is 1.22. The molecule has 2 rings (SSSR count). The van der Waals surface area contributed by atoms with E-state index in [0.717, 1.165) is 5.56 Å². The van der Waals surface area contributed by atoms with Crippen LogP contribution in [0.25, 0.3) is 11.1 Å². The number of nitrogens with two attached hydrogens (primary N) is 1. The molecule has 0 saturated heterocycles. The fourth-order valence-corrected chi connectivity index (χ4v) is 1.67. The van der Waals surface area contributed by atoms with E-state index in [1.54, 1.807) is 30.3 Å². The van der Waals surface area contributed by atoms with Gasteiger partial charge in [0.1, 0.15) is 17.5 Å². The second-order valence-corrected chi connectivity index (χ2v) is 3.90.